The summed E-state index contributed by atoms with van der Waals surface area (Å²) < 4.78 is 21.6. The molecule has 1 aliphatic carbocycles. The summed E-state index contributed by atoms with van der Waals surface area (Å²) >= 11 is 6.09. The molecular formula is C21H22ClN5O2S. The summed E-state index contributed by atoms with van der Waals surface area (Å²) in [5, 5.41) is 0.415. The van der Waals surface area contributed by atoms with Gasteiger partial charge in [-0.25, -0.2) is 4.98 Å². The van der Waals surface area contributed by atoms with Gasteiger partial charge >= 0.3 is 0 Å². The van der Waals surface area contributed by atoms with Crippen LogP contribution in [0.2, 0.25) is 5.15 Å². The van der Waals surface area contributed by atoms with Crippen molar-refractivity contribution < 1.29 is 9.00 Å². The molecule has 7 nitrogen and oxygen atoms in total. The van der Waals surface area contributed by atoms with Gasteiger partial charge in [0, 0.05) is 40.2 Å². The van der Waals surface area contributed by atoms with Gasteiger partial charge in [-0.3, -0.25) is 18.8 Å². The number of aromatic nitrogens is 3. The Morgan fingerprint density at radius 1 is 1.30 bits per heavy atom. The molecule has 30 heavy (non-hydrogen) atoms. The quantitative estimate of drug-likeness (QED) is 0.587. The van der Waals surface area contributed by atoms with E-state index in [1.807, 2.05) is 23.1 Å². The normalized spacial score (nSPS) is 18.7. The summed E-state index contributed by atoms with van der Waals surface area (Å²) in [5.41, 5.74) is 4.21. The molecule has 9 heteroatoms. The molecule has 3 aromatic rings. The Balaban J connectivity index is 1.52. The number of carbonyl (C=O) groups is 1. The van der Waals surface area contributed by atoms with Crippen molar-refractivity contribution in [1.29, 1.82) is 4.78 Å². The second-order valence-electron chi connectivity index (χ2n) is 8.25. The molecule has 2 aliphatic rings. The Morgan fingerprint density at radius 3 is 2.83 bits per heavy atom. The Kier molecular flexibility index (Phi) is 4.41. The van der Waals surface area contributed by atoms with E-state index in [0.717, 1.165) is 40.8 Å². The standard InChI is InChI=1S/C21H22ClN5O2S/c1-30(23,29)10-2-9-26-14(11-16-17(26)3-4-19(22)25-16)13-27-18-12-24-8-5-15(18)21(6-7-21)20(27)28/h3-5,8,11-12,23H,2,6-7,9-10,13H2,1H3. The fourth-order valence-corrected chi connectivity index (χ4v) is 5.31. The first-order valence-electron chi connectivity index (χ1n) is 9.91. The molecule has 156 valence electrons. The zero-order valence-electron chi connectivity index (χ0n) is 16.6. The van der Waals surface area contributed by atoms with Crippen molar-refractivity contribution in [3.63, 3.8) is 0 Å². The highest BCUT2D eigenvalue weighted by atomic mass is 35.5. The van der Waals surface area contributed by atoms with Gasteiger partial charge in [0.05, 0.1) is 34.9 Å². The number of rotatable bonds is 6. The maximum atomic E-state index is 13.3. The molecule has 1 unspecified atom stereocenters. The third-order valence-electron chi connectivity index (χ3n) is 6.06. The van der Waals surface area contributed by atoms with E-state index in [1.165, 1.54) is 6.26 Å². The molecule has 1 saturated carbocycles. The molecule has 1 aliphatic heterocycles. The zero-order valence-corrected chi connectivity index (χ0v) is 18.2. The number of hydrogen-bond acceptors (Lipinski definition) is 5. The first kappa shape index (κ1) is 19.5. The molecule has 1 fully saturated rings. The van der Waals surface area contributed by atoms with Gasteiger partial charge in [0.1, 0.15) is 5.15 Å². The molecule has 0 saturated heterocycles. The van der Waals surface area contributed by atoms with E-state index in [9.17, 15) is 9.00 Å². The molecule has 1 atom stereocenters. The molecule has 0 radical (unpaired) electrons. The third kappa shape index (κ3) is 3.18. The molecule has 3 aromatic heterocycles. The molecule has 0 bridgehead atoms. The molecule has 1 N–H and O–H groups in total. The van der Waals surface area contributed by atoms with Crippen LogP contribution in [0.4, 0.5) is 5.69 Å². The lowest BCUT2D eigenvalue weighted by Gasteiger charge is -2.19. The lowest BCUT2D eigenvalue weighted by atomic mass is 9.99. The minimum atomic E-state index is -2.55. The molecule has 4 heterocycles. The monoisotopic (exact) mass is 443 g/mol. The van der Waals surface area contributed by atoms with Crippen LogP contribution in [0.3, 0.4) is 0 Å². The third-order valence-corrected chi connectivity index (χ3v) is 7.33. The number of aryl methyl sites for hydroxylation is 1. The maximum absolute atomic E-state index is 13.3. The predicted molar refractivity (Wildman–Crippen MR) is 117 cm³/mol. The van der Waals surface area contributed by atoms with E-state index in [2.05, 4.69) is 14.5 Å². The zero-order chi connectivity index (χ0) is 21.1. The molecule has 1 amide bonds. The van der Waals surface area contributed by atoms with Crippen LogP contribution in [0, 0.1) is 4.78 Å². The number of hydrogen-bond donors (Lipinski definition) is 1. The van der Waals surface area contributed by atoms with Gasteiger partial charge in [0.25, 0.3) is 0 Å². The van der Waals surface area contributed by atoms with Crippen molar-refractivity contribution in [1.82, 2.24) is 14.5 Å². The van der Waals surface area contributed by atoms with Crippen LogP contribution in [0.5, 0.6) is 0 Å². The Hall–Kier alpha value is -2.45. The molecule has 0 aromatic carbocycles. The molecule has 1 spiro atoms. The van der Waals surface area contributed by atoms with Gasteiger partial charge in [-0.2, -0.15) is 0 Å². The number of fused-ring (bicyclic) bond motifs is 3. The van der Waals surface area contributed by atoms with Crippen molar-refractivity contribution in [2.75, 3.05) is 16.9 Å². The summed E-state index contributed by atoms with van der Waals surface area (Å²) in [6.07, 6.45) is 7.36. The van der Waals surface area contributed by atoms with Gasteiger partial charge in [0.2, 0.25) is 5.91 Å². The van der Waals surface area contributed by atoms with Gasteiger partial charge < -0.3 is 9.47 Å². The Bertz CT molecular complexity index is 1280. The number of nitrogens with zero attached hydrogens (tertiary/aromatic N) is 4. The summed E-state index contributed by atoms with van der Waals surface area (Å²) in [7, 11) is -2.55. The summed E-state index contributed by atoms with van der Waals surface area (Å²) in [6, 6.07) is 7.59. The van der Waals surface area contributed by atoms with Gasteiger partial charge in [0.15, 0.2) is 0 Å². The summed E-state index contributed by atoms with van der Waals surface area (Å²) in [5.74, 6) is 0.460. The minimum absolute atomic E-state index is 0.135. The molecular weight excluding hydrogens is 422 g/mol. The van der Waals surface area contributed by atoms with Crippen LogP contribution in [-0.4, -0.2) is 36.7 Å². The fourth-order valence-electron chi connectivity index (χ4n) is 4.48. The molecule has 5 rings (SSSR count). The highest BCUT2D eigenvalue weighted by Crippen LogP contribution is 2.57. The SMILES string of the molecule is CS(=N)(=O)CCCn1c(CN2C(=O)C3(CC3)c3ccncc32)cc2nc(Cl)ccc21. The van der Waals surface area contributed by atoms with Crippen LogP contribution in [0.15, 0.2) is 36.7 Å². The average molecular weight is 444 g/mol. The van der Waals surface area contributed by atoms with Gasteiger partial charge in [-0.1, -0.05) is 11.6 Å². The topological polar surface area (TPSA) is 91.9 Å². The van der Waals surface area contributed by atoms with E-state index in [1.54, 1.807) is 18.5 Å². The lowest BCUT2D eigenvalue weighted by molar-refractivity contribution is -0.120. The number of carbonyl (C=O) groups excluding carboxylic acids is 1. The number of amides is 1. The second-order valence-corrected chi connectivity index (χ2v) is 11.1. The number of halogens is 1. The van der Waals surface area contributed by atoms with E-state index in [-0.39, 0.29) is 11.3 Å². The summed E-state index contributed by atoms with van der Waals surface area (Å²) in [6.45, 7) is 1.01. The van der Waals surface area contributed by atoms with Crippen LogP contribution in [0.25, 0.3) is 11.0 Å². The predicted octanol–water partition coefficient (Wildman–Crippen LogP) is 3.73. The van der Waals surface area contributed by atoms with Crippen molar-refractivity contribution in [3.05, 3.63) is 53.1 Å². The summed E-state index contributed by atoms with van der Waals surface area (Å²) in [4.78, 5) is 23.8. The van der Waals surface area contributed by atoms with E-state index >= 15 is 0 Å². The number of anilines is 1. The van der Waals surface area contributed by atoms with E-state index < -0.39 is 9.73 Å². The van der Waals surface area contributed by atoms with E-state index in [0.29, 0.717) is 30.4 Å². The van der Waals surface area contributed by atoms with Gasteiger partial charge in [-0.05, 0) is 49.1 Å². The average Bonchev–Trinajstić information content (AvgIpc) is 3.38. The van der Waals surface area contributed by atoms with Crippen molar-refractivity contribution in [2.45, 2.75) is 37.8 Å². The van der Waals surface area contributed by atoms with Crippen molar-refractivity contribution in [3.8, 4) is 0 Å². The minimum Gasteiger partial charge on any atom is -0.342 e. The van der Waals surface area contributed by atoms with Crippen LogP contribution in [-0.2, 0) is 33.0 Å². The Labute approximate surface area is 180 Å². The first-order chi connectivity index (χ1) is 14.3. The smallest absolute Gasteiger partial charge is 0.238 e. The first-order valence-corrected chi connectivity index (χ1v) is 12.4. The highest BCUT2D eigenvalue weighted by molar-refractivity contribution is 7.91. The van der Waals surface area contributed by atoms with Crippen LogP contribution < -0.4 is 4.90 Å². The Morgan fingerprint density at radius 2 is 2.10 bits per heavy atom. The van der Waals surface area contributed by atoms with Crippen molar-refractivity contribution >= 4 is 44.0 Å². The van der Waals surface area contributed by atoms with Crippen LogP contribution >= 0.6 is 11.6 Å². The lowest BCUT2D eigenvalue weighted by Crippen LogP contribution is -2.32. The van der Waals surface area contributed by atoms with Crippen LogP contribution in [0.1, 0.15) is 30.5 Å². The van der Waals surface area contributed by atoms with Gasteiger partial charge in [-0.15, -0.1) is 0 Å². The maximum Gasteiger partial charge on any atom is 0.238 e. The highest BCUT2D eigenvalue weighted by Gasteiger charge is 2.59. The number of nitrogens with one attached hydrogen (secondary N) is 1. The number of pyridine rings is 2. The second kappa shape index (κ2) is 6.78. The van der Waals surface area contributed by atoms with E-state index in [4.69, 9.17) is 16.4 Å². The largest absolute Gasteiger partial charge is 0.342 e. The fraction of sp³-hybridized carbons (Fsp3) is 0.381. The van der Waals surface area contributed by atoms with Crippen molar-refractivity contribution in [2.24, 2.45) is 0 Å².